The quantitative estimate of drug-likeness (QED) is 0.754. The van der Waals surface area contributed by atoms with Crippen LogP contribution in [0.3, 0.4) is 0 Å². The second-order valence-electron chi connectivity index (χ2n) is 5.09. The Labute approximate surface area is 144 Å². The molecule has 0 aliphatic carbocycles. The van der Waals surface area contributed by atoms with Gasteiger partial charge in [0.2, 0.25) is 10.0 Å². The minimum Gasteiger partial charge on any atom is -0.497 e. The molecular weight excluding hydrogens is 348 g/mol. The predicted molar refractivity (Wildman–Crippen MR) is 89.1 cm³/mol. The van der Waals surface area contributed by atoms with Crippen LogP contribution in [-0.2, 0) is 16.4 Å². The molecule has 0 saturated heterocycles. The summed E-state index contributed by atoms with van der Waals surface area (Å²) in [7, 11) is -2.31. The molecule has 1 amide bonds. The number of benzene rings is 1. The van der Waals surface area contributed by atoms with Gasteiger partial charge in [0.1, 0.15) is 11.4 Å². The zero-order valence-corrected chi connectivity index (χ0v) is 14.1. The number of hydrogen-bond acceptors (Lipinski definition) is 6. The number of nitrogens with one attached hydrogen (secondary N) is 1. The molecule has 2 aromatic rings. The number of methoxy groups -OCH3 is 1. The number of carboxylic acid groups (broad SMARTS) is 1. The second kappa shape index (κ2) is 7.75. The molecule has 0 radical (unpaired) electrons. The van der Waals surface area contributed by atoms with Crippen LogP contribution in [0.15, 0.2) is 42.6 Å². The standard InChI is InChI=1S/C16H16N2O6S/c1-24-13-5-2-11(3-6-13)8-9-25(22,23)18-15(19)12-4-7-14(16(20)21)17-10-12/h2-7,10H,8-9H2,1H3,(H,18,19)(H,20,21). The molecular formula is C16H16N2O6S. The van der Waals surface area contributed by atoms with Crippen molar-refractivity contribution in [3.63, 3.8) is 0 Å². The lowest BCUT2D eigenvalue weighted by Gasteiger charge is -2.07. The molecule has 1 aromatic carbocycles. The molecule has 2 rings (SSSR count). The van der Waals surface area contributed by atoms with Gasteiger partial charge < -0.3 is 9.84 Å². The van der Waals surface area contributed by atoms with Gasteiger partial charge in [0.15, 0.2) is 0 Å². The third-order valence-electron chi connectivity index (χ3n) is 3.31. The Morgan fingerprint density at radius 3 is 2.36 bits per heavy atom. The van der Waals surface area contributed by atoms with E-state index >= 15 is 0 Å². The average Bonchev–Trinajstić information content (AvgIpc) is 2.60. The number of ether oxygens (including phenoxy) is 1. The first-order chi connectivity index (χ1) is 11.8. The number of aromatic nitrogens is 1. The molecule has 0 unspecified atom stereocenters. The van der Waals surface area contributed by atoms with Gasteiger partial charge in [-0.1, -0.05) is 12.1 Å². The fourth-order valence-electron chi connectivity index (χ4n) is 1.95. The second-order valence-corrected chi connectivity index (χ2v) is 6.93. The van der Waals surface area contributed by atoms with E-state index in [9.17, 15) is 18.0 Å². The number of aryl methyl sites for hydroxylation is 1. The number of aromatic carboxylic acids is 1. The maximum atomic E-state index is 12.0. The topological polar surface area (TPSA) is 123 Å². The van der Waals surface area contributed by atoms with E-state index in [0.717, 1.165) is 17.8 Å². The van der Waals surface area contributed by atoms with Crippen molar-refractivity contribution in [2.24, 2.45) is 0 Å². The van der Waals surface area contributed by atoms with Crippen molar-refractivity contribution >= 4 is 21.9 Å². The highest BCUT2D eigenvalue weighted by Gasteiger charge is 2.17. The van der Waals surface area contributed by atoms with Crippen LogP contribution in [-0.4, -0.2) is 43.2 Å². The summed E-state index contributed by atoms with van der Waals surface area (Å²) < 4.78 is 31.0. The maximum absolute atomic E-state index is 12.0. The Morgan fingerprint density at radius 1 is 1.16 bits per heavy atom. The normalized spacial score (nSPS) is 10.9. The minimum absolute atomic E-state index is 0.0435. The van der Waals surface area contributed by atoms with Gasteiger partial charge in [0.25, 0.3) is 5.91 Å². The van der Waals surface area contributed by atoms with E-state index < -0.39 is 21.9 Å². The first-order valence-corrected chi connectivity index (χ1v) is 8.83. The van der Waals surface area contributed by atoms with Crippen LogP contribution in [0.1, 0.15) is 26.4 Å². The number of sulfonamides is 1. The molecule has 0 saturated carbocycles. The predicted octanol–water partition coefficient (Wildman–Crippen LogP) is 1.09. The molecule has 1 aromatic heterocycles. The number of amides is 1. The van der Waals surface area contributed by atoms with E-state index in [2.05, 4.69) is 4.98 Å². The summed E-state index contributed by atoms with van der Waals surface area (Å²) in [4.78, 5) is 26.2. The number of pyridine rings is 1. The molecule has 25 heavy (non-hydrogen) atoms. The number of rotatable bonds is 7. The van der Waals surface area contributed by atoms with Crippen LogP contribution in [0.4, 0.5) is 0 Å². The van der Waals surface area contributed by atoms with E-state index in [1.165, 1.54) is 13.2 Å². The van der Waals surface area contributed by atoms with Crippen LogP contribution in [0.2, 0.25) is 0 Å². The molecule has 0 aliphatic rings. The highest BCUT2D eigenvalue weighted by atomic mass is 32.2. The molecule has 2 N–H and O–H groups in total. The van der Waals surface area contributed by atoms with E-state index in [1.807, 2.05) is 4.72 Å². The van der Waals surface area contributed by atoms with Crippen molar-refractivity contribution < 1.29 is 27.9 Å². The molecule has 9 heteroatoms. The van der Waals surface area contributed by atoms with E-state index in [0.29, 0.717) is 5.75 Å². The lowest BCUT2D eigenvalue weighted by molar-refractivity contribution is 0.0689. The summed E-state index contributed by atoms with van der Waals surface area (Å²) in [6, 6.07) is 9.24. The summed E-state index contributed by atoms with van der Waals surface area (Å²) >= 11 is 0. The lowest BCUT2D eigenvalue weighted by Crippen LogP contribution is -2.33. The fourth-order valence-corrected chi connectivity index (χ4v) is 2.96. The molecule has 0 aliphatic heterocycles. The highest BCUT2D eigenvalue weighted by Crippen LogP contribution is 2.12. The molecule has 0 spiro atoms. The van der Waals surface area contributed by atoms with Gasteiger partial charge >= 0.3 is 5.97 Å². The largest absolute Gasteiger partial charge is 0.497 e. The van der Waals surface area contributed by atoms with Crippen LogP contribution in [0.5, 0.6) is 5.75 Å². The Bertz CT molecular complexity index is 861. The van der Waals surface area contributed by atoms with Gasteiger partial charge in [0, 0.05) is 6.20 Å². The monoisotopic (exact) mass is 364 g/mol. The van der Waals surface area contributed by atoms with Crippen molar-refractivity contribution in [2.75, 3.05) is 12.9 Å². The summed E-state index contributed by atoms with van der Waals surface area (Å²) in [5, 5.41) is 8.75. The fraction of sp³-hybridized carbons (Fsp3) is 0.188. The summed E-state index contributed by atoms with van der Waals surface area (Å²) in [5.41, 5.74) is 0.503. The molecule has 1 heterocycles. The molecule has 0 atom stereocenters. The van der Waals surface area contributed by atoms with Gasteiger partial charge in [-0.3, -0.25) is 4.79 Å². The van der Waals surface area contributed by atoms with Crippen molar-refractivity contribution in [2.45, 2.75) is 6.42 Å². The van der Waals surface area contributed by atoms with Crippen molar-refractivity contribution in [3.05, 3.63) is 59.4 Å². The van der Waals surface area contributed by atoms with E-state index in [1.54, 1.807) is 24.3 Å². The number of nitrogens with zero attached hydrogens (tertiary/aromatic N) is 1. The third-order valence-corrected chi connectivity index (χ3v) is 4.55. The third kappa shape index (κ3) is 5.28. The van der Waals surface area contributed by atoms with Crippen LogP contribution in [0.25, 0.3) is 0 Å². The van der Waals surface area contributed by atoms with Crippen molar-refractivity contribution in [1.82, 2.24) is 9.71 Å². The van der Waals surface area contributed by atoms with Crippen LogP contribution < -0.4 is 9.46 Å². The first kappa shape index (κ1) is 18.4. The Balaban J connectivity index is 1.97. The maximum Gasteiger partial charge on any atom is 0.354 e. The van der Waals surface area contributed by atoms with Gasteiger partial charge in [-0.25, -0.2) is 22.9 Å². The summed E-state index contributed by atoms with van der Waals surface area (Å²) in [5.74, 6) is -1.71. The summed E-state index contributed by atoms with van der Waals surface area (Å²) in [6.45, 7) is 0. The minimum atomic E-state index is -3.84. The van der Waals surface area contributed by atoms with Gasteiger partial charge in [-0.05, 0) is 36.2 Å². The number of carboxylic acids is 1. The zero-order valence-electron chi connectivity index (χ0n) is 13.3. The van der Waals surface area contributed by atoms with E-state index in [4.69, 9.17) is 9.84 Å². The van der Waals surface area contributed by atoms with Gasteiger partial charge in [-0.2, -0.15) is 0 Å². The highest BCUT2D eigenvalue weighted by molar-refractivity contribution is 7.90. The Morgan fingerprint density at radius 2 is 1.84 bits per heavy atom. The van der Waals surface area contributed by atoms with Gasteiger partial charge in [-0.15, -0.1) is 0 Å². The molecule has 0 fully saturated rings. The zero-order chi connectivity index (χ0) is 18.4. The van der Waals surface area contributed by atoms with Crippen molar-refractivity contribution in [3.8, 4) is 5.75 Å². The Hall–Kier alpha value is -2.94. The van der Waals surface area contributed by atoms with Crippen molar-refractivity contribution in [1.29, 1.82) is 0 Å². The average molecular weight is 364 g/mol. The van der Waals surface area contributed by atoms with Crippen LogP contribution in [0, 0.1) is 0 Å². The SMILES string of the molecule is COc1ccc(CCS(=O)(=O)NC(=O)c2ccc(C(=O)O)nc2)cc1. The molecule has 8 nitrogen and oxygen atoms in total. The summed E-state index contributed by atoms with van der Waals surface area (Å²) in [6.07, 6.45) is 1.24. The first-order valence-electron chi connectivity index (χ1n) is 7.18. The van der Waals surface area contributed by atoms with Crippen LogP contribution >= 0.6 is 0 Å². The Kier molecular flexibility index (Phi) is 5.71. The van der Waals surface area contributed by atoms with Gasteiger partial charge in [0.05, 0.1) is 18.4 Å². The lowest BCUT2D eigenvalue weighted by atomic mass is 10.2. The number of carbonyl (C=O) groups is 2. The number of hydrogen-bond donors (Lipinski definition) is 2. The van der Waals surface area contributed by atoms with E-state index in [-0.39, 0.29) is 23.4 Å². The molecule has 132 valence electrons. The number of carbonyl (C=O) groups excluding carboxylic acids is 1. The molecule has 0 bridgehead atoms. The smallest absolute Gasteiger partial charge is 0.354 e.